The smallest absolute Gasteiger partial charge is 0.189 e. The first kappa shape index (κ1) is 59.2. The van der Waals surface area contributed by atoms with E-state index in [1.165, 1.54) is 64.2 Å². The van der Waals surface area contributed by atoms with E-state index in [2.05, 4.69) is 100 Å². The number of rotatable bonds is 35. The highest BCUT2D eigenvalue weighted by molar-refractivity contribution is 6.76. The molecule has 0 radical (unpaired) electrons. The summed E-state index contributed by atoms with van der Waals surface area (Å²) in [5.74, 6) is 0.719. The molecule has 2 aliphatic rings. The predicted octanol–water partition coefficient (Wildman–Crippen LogP) is 14.7. The van der Waals surface area contributed by atoms with Crippen molar-refractivity contribution < 1.29 is 33.2 Å². The Labute approximate surface area is 442 Å². The van der Waals surface area contributed by atoms with Gasteiger partial charge >= 0.3 is 0 Å². The van der Waals surface area contributed by atoms with E-state index in [9.17, 15) is 9.90 Å². The molecular formula is C58H96FN5O6Si3. The summed E-state index contributed by atoms with van der Waals surface area (Å²) in [5.41, 5.74) is 6.33. The van der Waals surface area contributed by atoms with Crippen molar-refractivity contribution >= 4 is 40.9 Å². The van der Waals surface area contributed by atoms with Crippen LogP contribution >= 0.6 is 0 Å². The third-order valence-corrected chi connectivity index (χ3v) is 20.1. The van der Waals surface area contributed by atoms with E-state index >= 15 is 4.39 Å². The highest BCUT2D eigenvalue weighted by atomic mass is 28.3. The van der Waals surface area contributed by atoms with Crippen LogP contribution in [0.1, 0.15) is 127 Å². The van der Waals surface area contributed by atoms with Crippen molar-refractivity contribution in [3.63, 3.8) is 0 Å². The molecule has 408 valence electrons. The molecule has 1 fully saturated rings. The van der Waals surface area contributed by atoms with Crippen LogP contribution in [0.4, 0.5) is 4.39 Å². The molecule has 6 rings (SSSR count). The molecule has 1 unspecified atom stereocenters. The summed E-state index contributed by atoms with van der Waals surface area (Å²) in [6, 6.07) is 12.6. The second-order valence-corrected chi connectivity index (χ2v) is 42.0. The topological polar surface area (TPSA) is 113 Å². The van der Waals surface area contributed by atoms with Crippen LogP contribution in [-0.4, -0.2) is 98.1 Å². The Morgan fingerprint density at radius 3 is 1.93 bits per heavy atom. The number of aliphatic hydroxyl groups excluding tert-OH is 1. The van der Waals surface area contributed by atoms with Crippen molar-refractivity contribution in [2.24, 2.45) is 5.92 Å². The zero-order valence-electron chi connectivity index (χ0n) is 47.3. The van der Waals surface area contributed by atoms with Gasteiger partial charge < -0.3 is 28.6 Å². The van der Waals surface area contributed by atoms with E-state index in [1.807, 2.05) is 10.7 Å². The lowest BCUT2D eigenvalue weighted by Crippen LogP contribution is -2.46. The number of nitrogens with zero attached hydrogens (tertiary/aromatic N) is 5. The second kappa shape index (κ2) is 27.8. The van der Waals surface area contributed by atoms with Crippen LogP contribution in [0.2, 0.25) is 77.1 Å². The maximum absolute atomic E-state index is 15.9. The molecule has 1 atom stereocenters. The van der Waals surface area contributed by atoms with Crippen LogP contribution in [0.25, 0.3) is 33.5 Å². The van der Waals surface area contributed by atoms with Gasteiger partial charge in [0.05, 0.1) is 29.1 Å². The van der Waals surface area contributed by atoms with Gasteiger partial charge in [-0.1, -0.05) is 156 Å². The van der Waals surface area contributed by atoms with Gasteiger partial charge in [0.25, 0.3) is 0 Å². The maximum Gasteiger partial charge on any atom is 0.189 e. The number of ketones is 1. The number of imidazole rings is 1. The van der Waals surface area contributed by atoms with Crippen molar-refractivity contribution in [3.05, 3.63) is 53.1 Å². The first-order chi connectivity index (χ1) is 34.7. The number of hydrogen-bond donors (Lipinski definition) is 1. The zero-order chi connectivity index (χ0) is 52.8. The predicted molar refractivity (Wildman–Crippen MR) is 306 cm³/mol. The summed E-state index contributed by atoms with van der Waals surface area (Å²) < 4.78 is 44.6. The Morgan fingerprint density at radius 1 is 0.753 bits per heavy atom. The Balaban J connectivity index is 1.27. The first-order valence-corrected chi connectivity index (χ1v) is 39.6. The molecule has 1 aliphatic carbocycles. The normalized spacial score (nSPS) is 16.9. The van der Waals surface area contributed by atoms with Crippen LogP contribution in [0.15, 0.2) is 30.3 Å². The minimum Gasteiger partial charge on any atom is -0.464 e. The number of unbranched alkanes of at least 4 members (excludes halogenated alkanes) is 11. The summed E-state index contributed by atoms with van der Waals surface area (Å²) in [7, 11) is -3.96. The van der Waals surface area contributed by atoms with E-state index in [-0.39, 0.29) is 43.1 Å². The monoisotopic (exact) mass is 1060 g/mol. The second-order valence-electron chi connectivity index (χ2n) is 25.1. The largest absolute Gasteiger partial charge is 0.464 e. The molecule has 0 saturated heterocycles. The summed E-state index contributed by atoms with van der Waals surface area (Å²) >= 11 is 0. The van der Waals surface area contributed by atoms with Gasteiger partial charge in [-0.3, -0.25) is 9.69 Å². The average molecular weight is 1060 g/mol. The molecule has 1 N–H and O–H groups in total. The van der Waals surface area contributed by atoms with Crippen molar-refractivity contribution in [2.75, 3.05) is 26.6 Å². The van der Waals surface area contributed by atoms with Crippen molar-refractivity contribution in [1.82, 2.24) is 24.2 Å². The minimum absolute atomic E-state index is 0.0136. The van der Waals surface area contributed by atoms with Gasteiger partial charge in [0.1, 0.15) is 19.2 Å². The third-order valence-electron chi connectivity index (χ3n) is 15.0. The minimum atomic E-state index is -1.36. The molecular weight excluding hydrogens is 966 g/mol. The van der Waals surface area contributed by atoms with E-state index < -0.39 is 30.0 Å². The first-order valence-electron chi connectivity index (χ1n) is 28.5. The number of aromatic nitrogens is 4. The quantitative estimate of drug-likeness (QED) is 0.0273. The standard InChI is InChI=1S/C58H96FN5O6Si3/c1-12-14-15-16-17-18-19-20-21-22-23-24-25-52(57(66)46-34-47(65)35-46)62-39-51-54(40-62)63(41-67-28-31-71(3,4)5)58(60-51)56-48-27-26-45(36-53(48)64(61-56)42-68-29-32-72(6,7)8)49-38-50(59)55(37-44(49)13-2)70-43-69-30-33-73(9,10)11/h26-27,36-38,46-47,52,65H,12-25,28-35,39-43H2,1-11H3. The van der Waals surface area contributed by atoms with Crippen molar-refractivity contribution in [1.29, 1.82) is 0 Å². The van der Waals surface area contributed by atoms with Crippen molar-refractivity contribution in [3.8, 4) is 28.4 Å². The van der Waals surface area contributed by atoms with Gasteiger partial charge in [-0.2, -0.15) is 5.10 Å². The number of fused-ring (bicyclic) bond motifs is 2. The fraction of sp³-hybridized carbons (Fsp3) is 0.707. The van der Waals surface area contributed by atoms with Crippen LogP contribution in [-0.2, 0) is 52.0 Å². The summed E-state index contributed by atoms with van der Waals surface area (Å²) in [6.45, 7) is 29.1. The lowest BCUT2D eigenvalue weighted by molar-refractivity contribution is -0.135. The molecule has 1 saturated carbocycles. The van der Waals surface area contributed by atoms with Gasteiger partial charge in [-0.05, 0) is 84.8 Å². The molecule has 4 aromatic rings. The van der Waals surface area contributed by atoms with Crippen LogP contribution in [0.5, 0.6) is 5.75 Å². The Bertz CT molecular complexity index is 2350. The molecule has 73 heavy (non-hydrogen) atoms. The molecule has 0 amide bonds. The summed E-state index contributed by atoms with van der Waals surface area (Å²) in [5, 5.41) is 16.5. The zero-order valence-corrected chi connectivity index (χ0v) is 50.3. The van der Waals surface area contributed by atoms with E-state index in [1.54, 1.807) is 6.07 Å². The van der Waals surface area contributed by atoms with E-state index in [0.717, 1.165) is 87.9 Å². The Hall–Kier alpha value is -3.03. The fourth-order valence-electron chi connectivity index (χ4n) is 10.1. The third kappa shape index (κ3) is 18.0. The molecule has 15 heteroatoms. The van der Waals surface area contributed by atoms with Crippen LogP contribution < -0.4 is 4.74 Å². The maximum atomic E-state index is 15.9. The number of carbonyl (C=O) groups is 1. The molecule has 2 aromatic carbocycles. The molecule has 0 spiro atoms. The highest BCUT2D eigenvalue weighted by Crippen LogP contribution is 2.39. The highest BCUT2D eigenvalue weighted by Gasteiger charge is 2.41. The molecule has 3 heterocycles. The number of ether oxygens (including phenoxy) is 4. The Morgan fingerprint density at radius 2 is 1.34 bits per heavy atom. The lowest BCUT2D eigenvalue weighted by Gasteiger charge is -2.36. The summed E-state index contributed by atoms with van der Waals surface area (Å²) in [6.07, 6.45) is 17.6. The van der Waals surface area contributed by atoms with E-state index in [4.69, 9.17) is 29.0 Å². The van der Waals surface area contributed by atoms with Crippen LogP contribution in [0.3, 0.4) is 0 Å². The number of Topliss-reactive ketones (excluding diaryl/α,β-unsaturated/α-hetero) is 1. The number of benzene rings is 2. The molecule has 1 aliphatic heterocycles. The molecule has 2 aromatic heterocycles. The van der Waals surface area contributed by atoms with E-state index in [0.29, 0.717) is 58.9 Å². The number of halogens is 1. The average Bonchev–Trinajstić information content (AvgIpc) is 3.99. The van der Waals surface area contributed by atoms with Crippen molar-refractivity contribution in [2.45, 2.75) is 232 Å². The van der Waals surface area contributed by atoms with Crippen LogP contribution in [0, 0.1) is 11.7 Å². The fourth-order valence-corrected chi connectivity index (χ4v) is 12.3. The number of aryl methyl sites for hydroxylation is 1. The molecule has 11 nitrogen and oxygen atoms in total. The van der Waals surface area contributed by atoms with Gasteiger partial charge in [-0.25, -0.2) is 14.1 Å². The number of hydrogen-bond acceptors (Lipinski definition) is 9. The van der Waals surface area contributed by atoms with Gasteiger partial charge in [0.2, 0.25) is 0 Å². The number of carbonyl (C=O) groups excluding carboxylic acids is 1. The van der Waals surface area contributed by atoms with Gasteiger partial charge in [-0.15, -0.1) is 0 Å². The van der Waals surface area contributed by atoms with Gasteiger partial charge in [0.15, 0.2) is 30.0 Å². The number of aliphatic hydroxyl groups is 1. The molecule has 0 bridgehead atoms. The SMILES string of the molecule is CCCCCCCCCCCCCCC(C(=O)C1CC(O)C1)N1Cc2nc(-c3nn(COCC[Si](C)(C)C)c4cc(-c5cc(F)c(OCOCC[Si](C)(C)C)cc5CC)ccc34)n(COCC[Si](C)(C)C)c2C1. The van der Waals surface area contributed by atoms with Gasteiger partial charge in [0, 0.05) is 68.4 Å². The summed E-state index contributed by atoms with van der Waals surface area (Å²) in [4.78, 5) is 22.1. The lowest BCUT2D eigenvalue weighted by atomic mass is 9.76. The Kier molecular flexibility index (Phi) is 22.6.